The zero-order valence-electron chi connectivity index (χ0n) is 7.79. The van der Waals surface area contributed by atoms with Crippen molar-refractivity contribution in [1.82, 2.24) is 0 Å². The predicted molar refractivity (Wildman–Crippen MR) is 56.5 cm³/mol. The summed E-state index contributed by atoms with van der Waals surface area (Å²) in [6, 6.07) is 5.82. The number of hydrogen-bond acceptors (Lipinski definition) is 2. The van der Waals surface area contributed by atoms with Gasteiger partial charge in [-0.2, -0.15) is 0 Å². The highest BCUT2D eigenvalue weighted by Gasteiger charge is 2.18. The summed E-state index contributed by atoms with van der Waals surface area (Å²) in [5.41, 5.74) is 14.6. The van der Waals surface area contributed by atoms with Crippen LogP contribution < -0.4 is 11.5 Å². The zero-order chi connectivity index (χ0) is 9.26. The van der Waals surface area contributed by atoms with Gasteiger partial charge in [0.1, 0.15) is 0 Å². The van der Waals surface area contributed by atoms with E-state index in [0.29, 0.717) is 5.92 Å². The first-order chi connectivity index (χ1) is 6.27. The molecule has 13 heavy (non-hydrogen) atoms. The van der Waals surface area contributed by atoms with Gasteiger partial charge in [-0.1, -0.05) is 12.8 Å². The molecule has 2 nitrogen and oxygen atoms in total. The van der Waals surface area contributed by atoms with Gasteiger partial charge in [0, 0.05) is 11.4 Å². The molecule has 0 atom stereocenters. The van der Waals surface area contributed by atoms with Gasteiger partial charge in [-0.3, -0.25) is 0 Å². The largest absolute Gasteiger partial charge is 0.399 e. The van der Waals surface area contributed by atoms with E-state index >= 15 is 0 Å². The van der Waals surface area contributed by atoms with E-state index in [4.69, 9.17) is 11.5 Å². The smallest absolute Gasteiger partial charge is 0.0350 e. The molecule has 70 valence electrons. The molecule has 1 fully saturated rings. The molecule has 0 amide bonds. The highest BCUT2D eigenvalue weighted by Crippen LogP contribution is 2.37. The molecule has 4 N–H and O–H groups in total. The fourth-order valence-electron chi connectivity index (χ4n) is 2.18. The van der Waals surface area contributed by atoms with Crippen molar-refractivity contribution >= 4 is 11.4 Å². The topological polar surface area (TPSA) is 52.0 Å². The average Bonchev–Trinajstić information content (AvgIpc) is 2.61. The van der Waals surface area contributed by atoms with Crippen LogP contribution >= 0.6 is 0 Å². The van der Waals surface area contributed by atoms with Crippen LogP contribution in [0.25, 0.3) is 0 Å². The van der Waals surface area contributed by atoms with E-state index in [-0.39, 0.29) is 0 Å². The SMILES string of the molecule is Nc1ccc(N)c(C2CCCC2)c1. The van der Waals surface area contributed by atoms with E-state index in [1.54, 1.807) is 0 Å². The third-order valence-electron chi connectivity index (χ3n) is 2.91. The highest BCUT2D eigenvalue weighted by atomic mass is 14.6. The summed E-state index contributed by atoms with van der Waals surface area (Å²) >= 11 is 0. The second-order valence-corrected chi connectivity index (χ2v) is 3.87. The number of rotatable bonds is 1. The zero-order valence-corrected chi connectivity index (χ0v) is 7.79. The lowest BCUT2D eigenvalue weighted by molar-refractivity contribution is 0.726. The molecule has 0 unspecified atom stereocenters. The fraction of sp³-hybridized carbons (Fsp3) is 0.455. The van der Waals surface area contributed by atoms with Crippen LogP contribution in [0.1, 0.15) is 37.2 Å². The Balaban J connectivity index is 2.32. The predicted octanol–water partition coefficient (Wildman–Crippen LogP) is 2.51. The Morgan fingerprint density at radius 2 is 1.77 bits per heavy atom. The van der Waals surface area contributed by atoms with Crippen LogP contribution in [0.3, 0.4) is 0 Å². The van der Waals surface area contributed by atoms with Gasteiger partial charge in [0.15, 0.2) is 0 Å². The fourth-order valence-corrected chi connectivity index (χ4v) is 2.18. The molecule has 2 rings (SSSR count). The summed E-state index contributed by atoms with van der Waals surface area (Å²) in [4.78, 5) is 0. The van der Waals surface area contributed by atoms with Gasteiger partial charge < -0.3 is 11.5 Å². The Labute approximate surface area is 78.9 Å². The molecule has 1 saturated carbocycles. The minimum Gasteiger partial charge on any atom is -0.399 e. The molecule has 0 spiro atoms. The van der Waals surface area contributed by atoms with Crippen LogP contribution in [0.4, 0.5) is 11.4 Å². The number of hydrogen-bond donors (Lipinski definition) is 2. The molecule has 1 aliphatic carbocycles. The highest BCUT2D eigenvalue weighted by molar-refractivity contribution is 5.56. The maximum absolute atomic E-state index is 5.91. The Morgan fingerprint density at radius 1 is 1.08 bits per heavy atom. The van der Waals surface area contributed by atoms with E-state index in [2.05, 4.69) is 0 Å². The third kappa shape index (κ3) is 1.62. The van der Waals surface area contributed by atoms with Crippen LogP contribution in [-0.2, 0) is 0 Å². The van der Waals surface area contributed by atoms with Crippen molar-refractivity contribution in [3.05, 3.63) is 23.8 Å². The van der Waals surface area contributed by atoms with Crippen molar-refractivity contribution in [2.45, 2.75) is 31.6 Å². The molecule has 0 radical (unpaired) electrons. The molecule has 1 aromatic rings. The van der Waals surface area contributed by atoms with Crippen LogP contribution in [0.5, 0.6) is 0 Å². The maximum Gasteiger partial charge on any atom is 0.0350 e. The van der Waals surface area contributed by atoms with Crippen LogP contribution in [0.15, 0.2) is 18.2 Å². The molecule has 1 aliphatic rings. The monoisotopic (exact) mass is 176 g/mol. The minimum atomic E-state index is 0.656. The van der Waals surface area contributed by atoms with Crippen LogP contribution in [0, 0.1) is 0 Å². The Bertz CT molecular complexity index is 301. The molecule has 0 saturated heterocycles. The van der Waals surface area contributed by atoms with Crippen molar-refractivity contribution < 1.29 is 0 Å². The molecule has 0 heterocycles. The summed E-state index contributed by atoms with van der Waals surface area (Å²) in [6.07, 6.45) is 5.21. The van der Waals surface area contributed by atoms with Gasteiger partial charge in [0.2, 0.25) is 0 Å². The number of nitrogen functional groups attached to an aromatic ring is 2. The summed E-state index contributed by atoms with van der Waals surface area (Å²) in [6.45, 7) is 0. The first-order valence-electron chi connectivity index (χ1n) is 4.92. The van der Waals surface area contributed by atoms with Crippen LogP contribution in [0.2, 0.25) is 0 Å². The maximum atomic E-state index is 5.91. The molecule has 0 aromatic heterocycles. The van der Waals surface area contributed by atoms with Crippen molar-refractivity contribution in [3.8, 4) is 0 Å². The molecule has 0 aliphatic heterocycles. The molecule has 1 aromatic carbocycles. The van der Waals surface area contributed by atoms with E-state index in [1.165, 1.54) is 31.2 Å². The molecular formula is C11H16N2. The van der Waals surface area contributed by atoms with Gasteiger partial charge in [-0.15, -0.1) is 0 Å². The van der Waals surface area contributed by atoms with E-state index in [0.717, 1.165) is 11.4 Å². The molecule has 0 bridgehead atoms. The lowest BCUT2D eigenvalue weighted by atomic mass is 9.96. The van der Waals surface area contributed by atoms with E-state index < -0.39 is 0 Å². The summed E-state index contributed by atoms with van der Waals surface area (Å²) in [7, 11) is 0. The van der Waals surface area contributed by atoms with E-state index in [9.17, 15) is 0 Å². The standard InChI is InChI=1S/C11H16N2/c12-9-5-6-11(13)10(7-9)8-3-1-2-4-8/h5-8H,1-4,12-13H2. The Morgan fingerprint density at radius 3 is 2.46 bits per heavy atom. The van der Waals surface area contributed by atoms with E-state index in [1.807, 2.05) is 18.2 Å². The number of anilines is 2. The van der Waals surface area contributed by atoms with Crippen molar-refractivity contribution in [1.29, 1.82) is 0 Å². The normalized spacial score (nSPS) is 17.8. The van der Waals surface area contributed by atoms with Gasteiger partial charge in [-0.25, -0.2) is 0 Å². The first kappa shape index (κ1) is 8.42. The average molecular weight is 176 g/mol. The van der Waals surface area contributed by atoms with Gasteiger partial charge in [0.25, 0.3) is 0 Å². The van der Waals surface area contributed by atoms with Crippen molar-refractivity contribution in [3.63, 3.8) is 0 Å². The Kier molecular flexibility index (Phi) is 2.13. The second kappa shape index (κ2) is 3.29. The minimum absolute atomic E-state index is 0.656. The van der Waals surface area contributed by atoms with Crippen LogP contribution in [-0.4, -0.2) is 0 Å². The molecular weight excluding hydrogens is 160 g/mol. The van der Waals surface area contributed by atoms with Gasteiger partial charge in [-0.05, 0) is 42.5 Å². The van der Waals surface area contributed by atoms with Gasteiger partial charge >= 0.3 is 0 Å². The van der Waals surface area contributed by atoms with Crippen molar-refractivity contribution in [2.24, 2.45) is 0 Å². The van der Waals surface area contributed by atoms with Gasteiger partial charge in [0.05, 0.1) is 0 Å². The third-order valence-corrected chi connectivity index (χ3v) is 2.91. The second-order valence-electron chi connectivity index (χ2n) is 3.87. The molecule has 2 heteroatoms. The Hall–Kier alpha value is -1.18. The van der Waals surface area contributed by atoms with Crippen molar-refractivity contribution in [2.75, 3.05) is 11.5 Å². The lowest BCUT2D eigenvalue weighted by Crippen LogP contribution is -2.00. The summed E-state index contributed by atoms with van der Waals surface area (Å²) < 4.78 is 0. The summed E-state index contributed by atoms with van der Waals surface area (Å²) in [5.74, 6) is 0.656. The quantitative estimate of drug-likeness (QED) is 0.646. The first-order valence-corrected chi connectivity index (χ1v) is 4.92. The summed E-state index contributed by atoms with van der Waals surface area (Å²) in [5, 5.41) is 0. The number of benzene rings is 1. The number of nitrogens with two attached hydrogens (primary N) is 2. The lowest BCUT2D eigenvalue weighted by Gasteiger charge is -2.12.